The number of benzene rings is 2. The van der Waals surface area contributed by atoms with Crippen molar-refractivity contribution in [2.24, 2.45) is 17.8 Å². The van der Waals surface area contributed by atoms with Crippen molar-refractivity contribution in [3.8, 4) is 5.75 Å². The zero-order valence-corrected chi connectivity index (χ0v) is 19.3. The van der Waals surface area contributed by atoms with Gasteiger partial charge in [0.1, 0.15) is 29.8 Å². The highest BCUT2D eigenvalue weighted by Gasteiger charge is 2.37. The van der Waals surface area contributed by atoms with Gasteiger partial charge in [0.15, 0.2) is 0 Å². The van der Waals surface area contributed by atoms with E-state index in [1.807, 2.05) is 13.0 Å². The van der Waals surface area contributed by atoms with Gasteiger partial charge in [-0.05, 0) is 80.2 Å². The number of hydrogen-bond donors (Lipinski definition) is 0. The Balaban J connectivity index is 1.55. The Kier molecular flexibility index (Phi) is 7.48. The molecule has 0 saturated heterocycles. The van der Waals surface area contributed by atoms with Crippen LogP contribution in [-0.4, -0.2) is 6.61 Å². The van der Waals surface area contributed by atoms with Crippen LogP contribution in [0.4, 0.5) is 13.2 Å². The van der Waals surface area contributed by atoms with Gasteiger partial charge < -0.3 is 4.74 Å². The third-order valence-corrected chi connectivity index (χ3v) is 7.77. The van der Waals surface area contributed by atoms with E-state index >= 15 is 8.78 Å². The molecule has 0 bridgehead atoms. The fourth-order valence-corrected chi connectivity index (χ4v) is 6.10. The molecular formula is C28H35F3O. The normalized spacial score (nSPS) is 25.9. The van der Waals surface area contributed by atoms with Crippen LogP contribution in [0.5, 0.6) is 5.75 Å². The van der Waals surface area contributed by atoms with Crippen molar-refractivity contribution in [2.45, 2.75) is 77.6 Å². The van der Waals surface area contributed by atoms with Crippen molar-refractivity contribution < 1.29 is 17.9 Å². The van der Waals surface area contributed by atoms with E-state index in [-0.39, 0.29) is 34.6 Å². The zero-order chi connectivity index (χ0) is 22.7. The molecule has 2 aliphatic rings. The molecule has 2 saturated carbocycles. The second-order valence-corrected chi connectivity index (χ2v) is 9.82. The van der Waals surface area contributed by atoms with Crippen molar-refractivity contribution in [2.75, 3.05) is 6.61 Å². The first-order valence-electron chi connectivity index (χ1n) is 12.4. The van der Waals surface area contributed by atoms with Crippen LogP contribution in [0, 0.1) is 35.2 Å². The van der Waals surface area contributed by atoms with Crippen LogP contribution in [-0.2, 0) is 0 Å². The highest BCUT2D eigenvalue weighted by Crippen LogP contribution is 2.49. The number of fused-ring (bicyclic) bond motifs is 2. The van der Waals surface area contributed by atoms with Crippen molar-refractivity contribution >= 4 is 10.8 Å². The molecule has 32 heavy (non-hydrogen) atoms. The fraction of sp³-hybridized carbons (Fsp3) is 0.571. The standard InChI is InChI=1S/C28H35F3O/c1-3-5-7-18-8-9-20-14-21(11-10-19(20)13-18)26-24(29)16-22-15-23(32-12-6-4-2)17-25(30)27(22)28(26)31/h4,6,15-21H,3,5,7-14H2,1-2H3/b6-4+. The lowest BCUT2D eigenvalue weighted by Crippen LogP contribution is -2.31. The zero-order valence-electron chi connectivity index (χ0n) is 19.3. The Labute approximate surface area is 190 Å². The number of allylic oxidation sites excluding steroid dienone is 1. The van der Waals surface area contributed by atoms with Crippen LogP contribution in [0.15, 0.2) is 30.4 Å². The predicted octanol–water partition coefficient (Wildman–Crippen LogP) is 8.70. The lowest BCUT2D eigenvalue weighted by atomic mass is 9.63. The largest absolute Gasteiger partial charge is 0.489 e. The van der Waals surface area contributed by atoms with Crippen molar-refractivity contribution in [3.05, 3.63) is 53.4 Å². The van der Waals surface area contributed by atoms with Gasteiger partial charge >= 0.3 is 0 Å². The van der Waals surface area contributed by atoms with Gasteiger partial charge in [0.25, 0.3) is 0 Å². The van der Waals surface area contributed by atoms with Gasteiger partial charge in [0.2, 0.25) is 0 Å². The molecule has 4 rings (SSSR count). The Morgan fingerprint density at radius 2 is 1.75 bits per heavy atom. The molecule has 2 aromatic carbocycles. The summed E-state index contributed by atoms with van der Waals surface area (Å²) in [5.74, 6) is 0.174. The maximum Gasteiger partial charge on any atom is 0.140 e. The van der Waals surface area contributed by atoms with Crippen LogP contribution < -0.4 is 4.74 Å². The van der Waals surface area contributed by atoms with E-state index in [9.17, 15) is 4.39 Å². The Bertz CT molecular complexity index is 967. The Morgan fingerprint density at radius 1 is 0.969 bits per heavy atom. The monoisotopic (exact) mass is 444 g/mol. The minimum atomic E-state index is -0.724. The molecule has 0 heterocycles. The molecule has 4 heteroatoms. The van der Waals surface area contributed by atoms with Crippen LogP contribution in [0.25, 0.3) is 10.8 Å². The maximum absolute atomic E-state index is 15.5. The second kappa shape index (κ2) is 10.3. The SMILES string of the molecule is C/C=C/COc1cc(F)c2c(F)c(C3CCC4CC(CCCC)CCC4C3)c(F)cc2c1. The average molecular weight is 445 g/mol. The minimum Gasteiger partial charge on any atom is -0.489 e. The minimum absolute atomic E-state index is 0.0885. The first kappa shape index (κ1) is 23.2. The van der Waals surface area contributed by atoms with Gasteiger partial charge in [0.05, 0.1) is 5.39 Å². The average Bonchev–Trinajstić information content (AvgIpc) is 2.77. The van der Waals surface area contributed by atoms with Crippen LogP contribution in [0.1, 0.15) is 83.1 Å². The van der Waals surface area contributed by atoms with E-state index < -0.39 is 17.5 Å². The molecular weight excluding hydrogens is 409 g/mol. The second-order valence-electron chi connectivity index (χ2n) is 9.82. The van der Waals surface area contributed by atoms with Gasteiger partial charge in [-0.2, -0.15) is 0 Å². The third kappa shape index (κ3) is 4.84. The lowest BCUT2D eigenvalue weighted by Gasteiger charge is -2.42. The summed E-state index contributed by atoms with van der Waals surface area (Å²) >= 11 is 0. The molecule has 174 valence electrons. The highest BCUT2D eigenvalue weighted by atomic mass is 19.1. The molecule has 0 radical (unpaired) electrons. The summed E-state index contributed by atoms with van der Waals surface area (Å²) in [7, 11) is 0. The first-order chi connectivity index (χ1) is 15.5. The van der Waals surface area contributed by atoms with E-state index in [4.69, 9.17) is 4.74 Å². The van der Waals surface area contributed by atoms with Gasteiger partial charge in [-0.1, -0.05) is 44.8 Å². The van der Waals surface area contributed by atoms with Crippen molar-refractivity contribution in [1.82, 2.24) is 0 Å². The van der Waals surface area contributed by atoms with Gasteiger partial charge in [-0.15, -0.1) is 0 Å². The topological polar surface area (TPSA) is 9.23 Å². The first-order valence-corrected chi connectivity index (χ1v) is 12.4. The quantitative estimate of drug-likeness (QED) is 0.388. The number of ether oxygens (including phenoxy) is 1. The summed E-state index contributed by atoms with van der Waals surface area (Å²) in [6.07, 6.45) is 13.8. The number of hydrogen-bond acceptors (Lipinski definition) is 1. The lowest BCUT2D eigenvalue weighted by molar-refractivity contribution is 0.112. The maximum atomic E-state index is 15.5. The van der Waals surface area contributed by atoms with E-state index in [0.29, 0.717) is 11.8 Å². The highest BCUT2D eigenvalue weighted by molar-refractivity contribution is 5.86. The summed E-state index contributed by atoms with van der Waals surface area (Å²) in [6.45, 7) is 4.39. The Hall–Kier alpha value is -1.97. The number of halogens is 3. The van der Waals surface area contributed by atoms with Gasteiger partial charge in [-0.3, -0.25) is 0 Å². The molecule has 2 aliphatic carbocycles. The van der Waals surface area contributed by atoms with Crippen LogP contribution in [0.2, 0.25) is 0 Å². The van der Waals surface area contributed by atoms with E-state index in [2.05, 4.69) is 6.92 Å². The molecule has 0 aromatic heterocycles. The predicted molar refractivity (Wildman–Crippen MR) is 125 cm³/mol. The summed E-state index contributed by atoms with van der Waals surface area (Å²) in [6, 6.07) is 4.00. The number of unbranched alkanes of at least 4 members (excludes halogenated alkanes) is 1. The van der Waals surface area contributed by atoms with Crippen LogP contribution in [0.3, 0.4) is 0 Å². The van der Waals surface area contributed by atoms with Gasteiger partial charge in [0, 0.05) is 11.6 Å². The summed E-state index contributed by atoms with van der Waals surface area (Å²) < 4.78 is 51.0. The summed E-state index contributed by atoms with van der Waals surface area (Å²) in [4.78, 5) is 0. The van der Waals surface area contributed by atoms with Crippen molar-refractivity contribution in [1.29, 1.82) is 0 Å². The van der Waals surface area contributed by atoms with Crippen LogP contribution >= 0.6 is 0 Å². The smallest absolute Gasteiger partial charge is 0.140 e. The Morgan fingerprint density at radius 3 is 2.53 bits per heavy atom. The molecule has 4 unspecified atom stereocenters. The van der Waals surface area contributed by atoms with E-state index in [0.717, 1.165) is 31.6 Å². The molecule has 0 amide bonds. The van der Waals surface area contributed by atoms with E-state index in [1.165, 1.54) is 50.3 Å². The summed E-state index contributed by atoms with van der Waals surface area (Å²) in [5.41, 5.74) is 0.0885. The van der Waals surface area contributed by atoms with Gasteiger partial charge in [-0.25, -0.2) is 13.2 Å². The molecule has 2 fully saturated rings. The van der Waals surface area contributed by atoms with Crippen molar-refractivity contribution in [3.63, 3.8) is 0 Å². The molecule has 0 aliphatic heterocycles. The van der Waals surface area contributed by atoms with E-state index in [1.54, 1.807) is 6.08 Å². The summed E-state index contributed by atoms with van der Waals surface area (Å²) in [5, 5.41) is 0.0922. The fourth-order valence-electron chi connectivity index (χ4n) is 6.10. The molecule has 0 spiro atoms. The molecule has 0 N–H and O–H groups in total. The molecule has 1 nitrogen and oxygen atoms in total. The third-order valence-electron chi connectivity index (χ3n) is 7.77. The molecule has 2 aromatic rings. The number of rotatable bonds is 7. The molecule has 4 atom stereocenters.